The van der Waals surface area contributed by atoms with Crippen molar-refractivity contribution in [2.24, 2.45) is 5.92 Å². The zero-order valence-corrected chi connectivity index (χ0v) is 10.3. The first-order valence-corrected chi connectivity index (χ1v) is 6.11. The molecule has 0 bridgehead atoms. The molecule has 1 nitrogen and oxygen atoms in total. The van der Waals surface area contributed by atoms with E-state index in [1.54, 1.807) is 0 Å². The van der Waals surface area contributed by atoms with Crippen molar-refractivity contribution in [2.45, 2.75) is 45.1 Å². The van der Waals surface area contributed by atoms with Crippen LogP contribution >= 0.6 is 0 Å². The lowest BCUT2D eigenvalue weighted by molar-refractivity contribution is -0.0154. The van der Waals surface area contributed by atoms with Crippen LogP contribution < -0.4 is 0 Å². The molecule has 0 unspecified atom stereocenters. The van der Waals surface area contributed by atoms with Crippen molar-refractivity contribution in [2.75, 3.05) is 0 Å². The van der Waals surface area contributed by atoms with Gasteiger partial charge in [-0.3, -0.25) is 0 Å². The zero-order chi connectivity index (χ0) is 12.6. The predicted octanol–water partition coefficient (Wildman–Crippen LogP) is 3.67. The van der Waals surface area contributed by atoms with E-state index < -0.39 is 17.2 Å². The van der Waals surface area contributed by atoms with Gasteiger partial charge in [0.1, 0.15) is 0 Å². The highest BCUT2D eigenvalue weighted by Crippen LogP contribution is 2.40. The number of rotatable bonds is 1. The third-order valence-electron chi connectivity index (χ3n) is 3.88. The summed E-state index contributed by atoms with van der Waals surface area (Å²) in [6.45, 7) is 3.64. The van der Waals surface area contributed by atoms with Crippen molar-refractivity contribution in [1.29, 1.82) is 0 Å². The Morgan fingerprint density at radius 3 is 2.35 bits per heavy atom. The largest absolute Gasteiger partial charge is 0.385 e. The molecule has 1 N–H and O–H groups in total. The highest BCUT2D eigenvalue weighted by Gasteiger charge is 2.36. The lowest BCUT2D eigenvalue weighted by Gasteiger charge is -2.35. The van der Waals surface area contributed by atoms with Gasteiger partial charge in [-0.15, -0.1) is 0 Å². The molecule has 3 heteroatoms. The molecule has 94 valence electrons. The average Bonchev–Trinajstić information content (AvgIpc) is 2.30. The molecule has 0 radical (unpaired) electrons. The summed E-state index contributed by atoms with van der Waals surface area (Å²) < 4.78 is 27.4. The number of halogens is 2. The molecule has 1 aliphatic rings. The first-order valence-electron chi connectivity index (χ1n) is 6.11. The molecule has 0 aliphatic heterocycles. The van der Waals surface area contributed by atoms with Crippen molar-refractivity contribution < 1.29 is 13.9 Å². The second-order valence-electron chi connectivity index (χ2n) is 5.27. The van der Waals surface area contributed by atoms with Gasteiger partial charge in [0.05, 0.1) is 5.60 Å². The Balaban J connectivity index is 2.37. The van der Waals surface area contributed by atoms with Crippen LogP contribution in [0.5, 0.6) is 0 Å². The molecule has 0 atom stereocenters. The average molecular weight is 240 g/mol. The van der Waals surface area contributed by atoms with E-state index in [1.165, 1.54) is 19.1 Å². The van der Waals surface area contributed by atoms with Crippen LogP contribution in [0.1, 0.15) is 43.7 Å². The Kier molecular flexibility index (Phi) is 3.21. The van der Waals surface area contributed by atoms with Crippen LogP contribution in [0.2, 0.25) is 0 Å². The number of hydrogen-bond donors (Lipinski definition) is 1. The predicted molar refractivity (Wildman–Crippen MR) is 62.6 cm³/mol. The minimum absolute atomic E-state index is 0.118. The molecule has 1 aromatic carbocycles. The van der Waals surface area contributed by atoms with Crippen molar-refractivity contribution in [3.8, 4) is 0 Å². The molecule has 1 aromatic rings. The van der Waals surface area contributed by atoms with E-state index >= 15 is 0 Å². The van der Waals surface area contributed by atoms with Crippen molar-refractivity contribution in [3.63, 3.8) is 0 Å². The molecule has 0 spiro atoms. The summed E-state index contributed by atoms with van der Waals surface area (Å²) in [5.74, 6) is -1.18. The lowest BCUT2D eigenvalue weighted by Crippen LogP contribution is -2.32. The van der Waals surface area contributed by atoms with Gasteiger partial charge >= 0.3 is 0 Å². The molecule has 0 heterocycles. The Hall–Kier alpha value is -0.960. The molecule has 0 saturated heterocycles. The van der Waals surface area contributed by atoms with Crippen molar-refractivity contribution in [1.82, 2.24) is 0 Å². The lowest BCUT2D eigenvalue weighted by atomic mass is 9.75. The van der Waals surface area contributed by atoms with Crippen LogP contribution in [0.3, 0.4) is 0 Å². The highest BCUT2D eigenvalue weighted by atomic mass is 19.2. The van der Waals surface area contributed by atoms with Crippen molar-refractivity contribution in [3.05, 3.63) is 34.9 Å². The summed E-state index contributed by atoms with van der Waals surface area (Å²) >= 11 is 0. The molecular weight excluding hydrogens is 222 g/mol. The first kappa shape index (κ1) is 12.5. The normalized spacial score (nSPS) is 29.4. The fraction of sp³-hybridized carbons (Fsp3) is 0.571. The van der Waals surface area contributed by atoms with Gasteiger partial charge in [0, 0.05) is 5.56 Å². The van der Waals surface area contributed by atoms with Gasteiger partial charge in [-0.25, -0.2) is 8.78 Å². The zero-order valence-electron chi connectivity index (χ0n) is 10.3. The topological polar surface area (TPSA) is 20.2 Å². The third kappa shape index (κ3) is 2.21. The number of hydrogen-bond acceptors (Lipinski definition) is 1. The van der Waals surface area contributed by atoms with E-state index in [-0.39, 0.29) is 11.1 Å². The summed E-state index contributed by atoms with van der Waals surface area (Å²) in [6.07, 6.45) is 2.72. The van der Waals surface area contributed by atoms with Crippen molar-refractivity contribution >= 4 is 0 Å². The molecule has 0 aromatic heterocycles. The van der Waals surface area contributed by atoms with Gasteiger partial charge in [0.25, 0.3) is 0 Å². The fourth-order valence-corrected chi connectivity index (χ4v) is 2.51. The molecule has 17 heavy (non-hydrogen) atoms. The van der Waals surface area contributed by atoms with E-state index in [2.05, 4.69) is 6.92 Å². The highest BCUT2D eigenvalue weighted by molar-refractivity contribution is 5.30. The fourth-order valence-electron chi connectivity index (χ4n) is 2.51. The van der Waals surface area contributed by atoms with E-state index in [1.807, 2.05) is 0 Å². The van der Waals surface area contributed by atoms with Crippen LogP contribution in [-0.2, 0) is 5.60 Å². The SMILES string of the molecule is Cc1ccc(C2(O)CCC(C)CC2)c(F)c1F. The van der Waals surface area contributed by atoms with E-state index in [0.717, 1.165) is 12.8 Å². The van der Waals surface area contributed by atoms with Crippen LogP contribution in [0.25, 0.3) is 0 Å². The third-order valence-corrected chi connectivity index (χ3v) is 3.88. The summed E-state index contributed by atoms with van der Waals surface area (Å²) in [5, 5.41) is 10.4. The van der Waals surface area contributed by atoms with Crippen LogP contribution in [-0.4, -0.2) is 5.11 Å². The van der Waals surface area contributed by atoms with Gasteiger partial charge in [-0.05, 0) is 44.1 Å². The Labute approximate surface area is 100 Å². The van der Waals surface area contributed by atoms with Gasteiger partial charge in [-0.1, -0.05) is 19.1 Å². The maximum Gasteiger partial charge on any atom is 0.165 e. The molecule has 1 fully saturated rings. The summed E-state index contributed by atoms with van der Waals surface area (Å²) in [5.41, 5.74) is -0.794. The minimum atomic E-state index is -1.19. The van der Waals surface area contributed by atoms with Crippen LogP contribution in [0, 0.1) is 24.5 Å². The molecule has 1 saturated carbocycles. The Morgan fingerprint density at radius 2 is 1.76 bits per heavy atom. The van der Waals surface area contributed by atoms with Gasteiger partial charge < -0.3 is 5.11 Å². The van der Waals surface area contributed by atoms with E-state index in [4.69, 9.17) is 0 Å². The summed E-state index contributed by atoms with van der Waals surface area (Å²) in [6, 6.07) is 3.05. The smallest absolute Gasteiger partial charge is 0.165 e. The number of benzene rings is 1. The standard InChI is InChI=1S/C14H18F2O/c1-9-5-7-14(17,8-6-9)11-4-3-10(2)12(15)13(11)16/h3-4,9,17H,5-8H2,1-2H3. The quantitative estimate of drug-likeness (QED) is 0.794. The first-order chi connectivity index (χ1) is 7.94. The number of aryl methyl sites for hydroxylation is 1. The Bertz CT molecular complexity index is 420. The molecule has 2 rings (SSSR count). The van der Waals surface area contributed by atoms with Crippen LogP contribution in [0.15, 0.2) is 12.1 Å². The number of aliphatic hydroxyl groups is 1. The molecular formula is C14H18F2O. The second-order valence-corrected chi connectivity index (χ2v) is 5.27. The maximum absolute atomic E-state index is 13.9. The van der Waals surface area contributed by atoms with Gasteiger partial charge in [-0.2, -0.15) is 0 Å². The summed E-state index contributed by atoms with van der Waals surface area (Å²) in [4.78, 5) is 0. The van der Waals surface area contributed by atoms with Crippen LogP contribution in [0.4, 0.5) is 8.78 Å². The maximum atomic E-state index is 13.9. The minimum Gasteiger partial charge on any atom is -0.385 e. The van der Waals surface area contributed by atoms with E-state index in [9.17, 15) is 13.9 Å². The van der Waals surface area contributed by atoms with Gasteiger partial charge in [0.15, 0.2) is 11.6 Å². The second kappa shape index (κ2) is 4.37. The summed E-state index contributed by atoms with van der Waals surface area (Å²) in [7, 11) is 0. The van der Waals surface area contributed by atoms with E-state index in [0.29, 0.717) is 18.8 Å². The Morgan fingerprint density at radius 1 is 1.18 bits per heavy atom. The monoisotopic (exact) mass is 240 g/mol. The van der Waals surface area contributed by atoms with Gasteiger partial charge in [0.2, 0.25) is 0 Å². The molecule has 0 amide bonds. The molecule has 1 aliphatic carbocycles.